The van der Waals surface area contributed by atoms with E-state index in [0.717, 1.165) is 12.8 Å². The predicted molar refractivity (Wildman–Crippen MR) is 50.6 cm³/mol. The summed E-state index contributed by atoms with van der Waals surface area (Å²) >= 11 is 1.31. The maximum Gasteiger partial charge on any atom is 0.230 e. The van der Waals surface area contributed by atoms with Gasteiger partial charge in [0.1, 0.15) is 0 Å². The third-order valence-corrected chi connectivity index (χ3v) is 3.10. The number of hydrogen-bond acceptors (Lipinski definition) is 5. The summed E-state index contributed by atoms with van der Waals surface area (Å²) in [5.41, 5.74) is 5.16. The second-order valence-electron chi connectivity index (χ2n) is 3.30. The maximum atomic E-state index is 10.8. The highest BCUT2D eigenvalue weighted by atomic mass is 32.2. The Balaban J connectivity index is 2.08. The van der Waals surface area contributed by atoms with Crippen LogP contribution in [0.15, 0.2) is 5.16 Å². The molecule has 0 spiro atoms. The quantitative estimate of drug-likeness (QED) is 0.710. The van der Waals surface area contributed by atoms with Crippen LogP contribution in [0.4, 0.5) is 0 Å². The Morgan fingerprint density at radius 2 is 2.43 bits per heavy atom. The lowest BCUT2D eigenvalue weighted by Crippen LogP contribution is -2.23. The number of carbonyl (C=O) groups is 1. The van der Waals surface area contributed by atoms with Gasteiger partial charge in [0.2, 0.25) is 11.1 Å². The molecule has 7 heteroatoms. The van der Waals surface area contributed by atoms with Crippen LogP contribution >= 0.6 is 11.8 Å². The van der Waals surface area contributed by atoms with E-state index >= 15 is 0 Å². The number of aromatic nitrogens is 4. The number of rotatable bonds is 4. The van der Waals surface area contributed by atoms with Crippen LogP contribution in [0.25, 0.3) is 0 Å². The van der Waals surface area contributed by atoms with Crippen molar-refractivity contribution < 1.29 is 4.79 Å². The highest BCUT2D eigenvalue weighted by Crippen LogP contribution is 2.36. The van der Waals surface area contributed by atoms with Gasteiger partial charge in [0.05, 0.1) is 11.3 Å². The smallest absolute Gasteiger partial charge is 0.230 e. The summed E-state index contributed by atoms with van der Waals surface area (Å²) in [6, 6.07) is 0.424. The van der Waals surface area contributed by atoms with E-state index in [0.29, 0.717) is 11.2 Å². The van der Waals surface area contributed by atoms with Crippen molar-refractivity contribution in [2.75, 3.05) is 0 Å². The molecule has 14 heavy (non-hydrogen) atoms. The first kappa shape index (κ1) is 9.45. The van der Waals surface area contributed by atoms with E-state index < -0.39 is 0 Å². The lowest BCUT2D eigenvalue weighted by molar-refractivity contribution is -0.117. The number of thioether (sulfide) groups is 1. The normalized spacial score (nSPS) is 18.1. The standard InChI is InChI=1S/C7H11N5OS/c1-4(6(8)13)14-7-9-10-11-12(7)5-2-3-5/h4-5H,2-3H2,1H3,(H2,8,13)/t4-/m1/s1. The molecule has 1 aliphatic carbocycles. The molecule has 1 aliphatic rings. The molecule has 76 valence electrons. The van der Waals surface area contributed by atoms with Gasteiger partial charge in [-0.15, -0.1) is 5.10 Å². The molecule has 0 saturated heterocycles. The molecule has 1 aromatic heterocycles. The zero-order chi connectivity index (χ0) is 10.1. The molecule has 6 nitrogen and oxygen atoms in total. The van der Waals surface area contributed by atoms with Crippen LogP contribution in [-0.2, 0) is 4.79 Å². The van der Waals surface area contributed by atoms with Crippen LogP contribution in [0, 0.1) is 0 Å². The van der Waals surface area contributed by atoms with E-state index in [2.05, 4.69) is 15.5 Å². The molecule has 2 N–H and O–H groups in total. The van der Waals surface area contributed by atoms with Gasteiger partial charge < -0.3 is 5.73 Å². The number of amides is 1. The van der Waals surface area contributed by atoms with Crippen LogP contribution in [-0.4, -0.2) is 31.4 Å². The van der Waals surface area contributed by atoms with E-state index in [4.69, 9.17) is 5.73 Å². The summed E-state index contributed by atoms with van der Waals surface area (Å²) in [5.74, 6) is -0.347. The van der Waals surface area contributed by atoms with Crippen LogP contribution in [0.2, 0.25) is 0 Å². The number of tetrazole rings is 1. The van der Waals surface area contributed by atoms with Gasteiger partial charge in [0, 0.05) is 0 Å². The van der Waals surface area contributed by atoms with E-state index in [-0.39, 0.29) is 11.2 Å². The summed E-state index contributed by atoms with van der Waals surface area (Å²) in [7, 11) is 0. The third kappa shape index (κ3) is 1.87. The number of primary amides is 1. The van der Waals surface area contributed by atoms with Gasteiger partial charge in [-0.2, -0.15) is 0 Å². The average Bonchev–Trinajstić information content (AvgIpc) is 2.88. The van der Waals surface area contributed by atoms with Gasteiger partial charge in [-0.05, 0) is 30.2 Å². The lowest BCUT2D eigenvalue weighted by Gasteiger charge is -2.05. The van der Waals surface area contributed by atoms with Crippen molar-refractivity contribution in [1.82, 2.24) is 20.2 Å². The average molecular weight is 213 g/mol. The van der Waals surface area contributed by atoms with Gasteiger partial charge in [-0.1, -0.05) is 11.8 Å². The highest BCUT2D eigenvalue weighted by Gasteiger charge is 2.29. The number of hydrogen-bond donors (Lipinski definition) is 1. The minimum atomic E-state index is -0.347. The van der Waals surface area contributed by atoms with Crippen LogP contribution in [0.1, 0.15) is 25.8 Å². The minimum absolute atomic E-state index is 0.293. The first-order chi connectivity index (χ1) is 6.68. The van der Waals surface area contributed by atoms with Gasteiger partial charge in [-0.25, -0.2) is 4.68 Å². The summed E-state index contributed by atoms with van der Waals surface area (Å²) in [4.78, 5) is 10.8. The van der Waals surface area contributed by atoms with Gasteiger partial charge in [0.25, 0.3) is 0 Å². The van der Waals surface area contributed by atoms with Crippen molar-refractivity contribution in [2.24, 2.45) is 5.73 Å². The lowest BCUT2D eigenvalue weighted by atomic mass is 10.5. The molecule has 1 aromatic rings. The Morgan fingerprint density at radius 3 is 3.00 bits per heavy atom. The summed E-state index contributed by atoms with van der Waals surface area (Å²) < 4.78 is 1.77. The molecule has 1 atom stereocenters. The fourth-order valence-electron chi connectivity index (χ4n) is 1.03. The molecule has 0 aromatic carbocycles. The Morgan fingerprint density at radius 1 is 1.71 bits per heavy atom. The van der Waals surface area contributed by atoms with Crippen LogP contribution in [0.3, 0.4) is 0 Å². The molecule has 1 fully saturated rings. The van der Waals surface area contributed by atoms with Crippen LogP contribution < -0.4 is 5.73 Å². The Labute approximate surface area is 85.2 Å². The zero-order valence-corrected chi connectivity index (χ0v) is 8.57. The van der Waals surface area contributed by atoms with E-state index in [1.165, 1.54) is 11.8 Å². The van der Waals surface area contributed by atoms with Crippen LogP contribution in [0.5, 0.6) is 0 Å². The maximum absolute atomic E-state index is 10.8. The molecular formula is C7H11N5OS. The van der Waals surface area contributed by atoms with Gasteiger partial charge in [-0.3, -0.25) is 4.79 Å². The van der Waals surface area contributed by atoms with E-state index in [1.54, 1.807) is 11.6 Å². The van der Waals surface area contributed by atoms with E-state index in [1.807, 2.05) is 0 Å². The number of nitrogens with two attached hydrogens (primary N) is 1. The van der Waals surface area contributed by atoms with Crippen molar-refractivity contribution in [3.8, 4) is 0 Å². The van der Waals surface area contributed by atoms with Crippen molar-refractivity contribution in [3.05, 3.63) is 0 Å². The fraction of sp³-hybridized carbons (Fsp3) is 0.714. The monoisotopic (exact) mass is 213 g/mol. The predicted octanol–water partition coefficient (Wildman–Crippen LogP) is -0.0261. The Hall–Kier alpha value is -1.11. The second-order valence-corrected chi connectivity index (χ2v) is 4.61. The molecule has 1 amide bonds. The molecule has 2 rings (SSSR count). The first-order valence-electron chi connectivity index (χ1n) is 4.42. The van der Waals surface area contributed by atoms with Crippen molar-refractivity contribution in [1.29, 1.82) is 0 Å². The highest BCUT2D eigenvalue weighted by molar-refractivity contribution is 8.00. The Bertz CT molecular complexity index is 348. The first-order valence-corrected chi connectivity index (χ1v) is 5.30. The molecule has 0 radical (unpaired) electrons. The summed E-state index contributed by atoms with van der Waals surface area (Å²) in [5, 5.41) is 11.7. The molecule has 0 aliphatic heterocycles. The molecular weight excluding hydrogens is 202 g/mol. The van der Waals surface area contributed by atoms with E-state index in [9.17, 15) is 4.79 Å². The molecule has 1 heterocycles. The second kappa shape index (κ2) is 3.56. The topological polar surface area (TPSA) is 86.7 Å². The molecule has 1 saturated carbocycles. The largest absolute Gasteiger partial charge is 0.369 e. The summed E-state index contributed by atoms with van der Waals surface area (Å²) in [6.45, 7) is 1.75. The van der Waals surface area contributed by atoms with Crippen molar-refractivity contribution in [3.63, 3.8) is 0 Å². The van der Waals surface area contributed by atoms with Gasteiger partial charge in [0.15, 0.2) is 0 Å². The Kier molecular flexibility index (Phi) is 2.40. The molecule has 0 bridgehead atoms. The molecule has 0 unspecified atom stereocenters. The summed E-state index contributed by atoms with van der Waals surface area (Å²) in [6.07, 6.45) is 2.23. The van der Waals surface area contributed by atoms with Crippen molar-refractivity contribution in [2.45, 2.75) is 36.2 Å². The fourth-order valence-corrected chi connectivity index (χ4v) is 1.84. The SMILES string of the molecule is C[C@@H](Sc1nnnn1C1CC1)C(N)=O. The number of nitrogens with zero attached hydrogens (tertiary/aromatic N) is 4. The third-order valence-electron chi connectivity index (χ3n) is 2.04. The van der Waals surface area contributed by atoms with Gasteiger partial charge >= 0.3 is 0 Å². The number of carbonyl (C=O) groups excluding carboxylic acids is 1. The minimum Gasteiger partial charge on any atom is -0.369 e. The van der Waals surface area contributed by atoms with Crippen molar-refractivity contribution >= 4 is 17.7 Å². The zero-order valence-electron chi connectivity index (χ0n) is 7.75.